The van der Waals surface area contributed by atoms with Crippen LogP contribution in [0.15, 0.2) is 109 Å². The molecule has 2 unspecified atom stereocenters. The van der Waals surface area contributed by atoms with Gasteiger partial charge < -0.3 is 23.8 Å². The molecule has 0 aromatic carbocycles. The van der Waals surface area contributed by atoms with E-state index in [2.05, 4.69) is 123 Å². The number of aliphatic carboxylic acids is 1. The number of carbonyl (C=O) groups is 3. The Hall–Kier alpha value is -4.01. The molecule has 0 fully saturated rings. The third-order valence-electron chi connectivity index (χ3n) is 9.42. The van der Waals surface area contributed by atoms with Crippen molar-refractivity contribution < 1.29 is 38.2 Å². The fourth-order valence-electron chi connectivity index (χ4n) is 5.93. The molecule has 0 amide bonds. The number of carboxylic acids is 1. The van der Waals surface area contributed by atoms with Crippen molar-refractivity contribution in [1.82, 2.24) is 0 Å². The topological polar surface area (TPSA) is 99.1 Å². The zero-order valence-corrected chi connectivity index (χ0v) is 38.4. The maximum absolute atomic E-state index is 12.8. The van der Waals surface area contributed by atoms with Crippen LogP contribution in [0.3, 0.4) is 0 Å². The van der Waals surface area contributed by atoms with Crippen LogP contribution >= 0.6 is 0 Å². The van der Waals surface area contributed by atoms with Crippen molar-refractivity contribution in [1.29, 1.82) is 0 Å². The molecule has 0 rings (SSSR count). The number of carbonyl (C=O) groups excluding carboxylic acids is 2. The molecule has 0 saturated heterocycles. The van der Waals surface area contributed by atoms with E-state index < -0.39 is 18.1 Å². The number of nitrogens with zero attached hydrogens (tertiary/aromatic N) is 1. The molecule has 0 aromatic rings. The van der Waals surface area contributed by atoms with Gasteiger partial charge in [-0.05, 0) is 96.3 Å². The molecule has 338 valence electrons. The summed E-state index contributed by atoms with van der Waals surface area (Å²) in [5.41, 5.74) is 0. The average molecular weight is 835 g/mol. The molecule has 0 heterocycles. The first-order chi connectivity index (χ1) is 29.1. The smallest absolute Gasteiger partial charge is 0.362 e. The number of hydrogen-bond acceptors (Lipinski definition) is 6. The Morgan fingerprint density at radius 3 is 1.30 bits per heavy atom. The highest BCUT2D eigenvalue weighted by Gasteiger charge is 2.31. The lowest BCUT2D eigenvalue weighted by Gasteiger charge is -2.31. The molecule has 0 saturated carbocycles. The summed E-state index contributed by atoms with van der Waals surface area (Å²) in [5, 5.41) is 9.63. The summed E-state index contributed by atoms with van der Waals surface area (Å²) in [6, 6.07) is -0.632. The zero-order chi connectivity index (χ0) is 44.2. The van der Waals surface area contributed by atoms with Gasteiger partial charge in [0.2, 0.25) is 0 Å². The quantitative estimate of drug-likeness (QED) is 0.0285. The molecular formula is C52H84NO7+. The normalized spacial score (nSPS) is 13.9. The SMILES string of the molecule is CC/C=C/C/C=C/C/C=C/C/C=C/C/C=C/CCCCCCC(=O)OC(COCCC(C(=O)O)[N+](C)(C)C)COC(=O)CCCCC/C=C/C/C=C/C/C=C/C/C=C/CC. The van der Waals surface area contributed by atoms with E-state index in [9.17, 15) is 19.5 Å². The van der Waals surface area contributed by atoms with Gasteiger partial charge in [0.15, 0.2) is 12.1 Å². The molecule has 0 bridgehead atoms. The van der Waals surface area contributed by atoms with Crippen LogP contribution in [-0.2, 0) is 28.6 Å². The summed E-state index contributed by atoms with van der Waals surface area (Å²) in [5.74, 6) is -1.56. The largest absolute Gasteiger partial charge is 0.477 e. The highest BCUT2D eigenvalue weighted by Crippen LogP contribution is 2.12. The third-order valence-corrected chi connectivity index (χ3v) is 9.42. The second kappa shape index (κ2) is 41.7. The number of likely N-dealkylation sites (N-methyl/N-ethyl adjacent to an activating group) is 1. The van der Waals surface area contributed by atoms with Gasteiger partial charge >= 0.3 is 17.9 Å². The molecule has 60 heavy (non-hydrogen) atoms. The monoisotopic (exact) mass is 835 g/mol. The van der Waals surface area contributed by atoms with Gasteiger partial charge in [-0.3, -0.25) is 9.59 Å². The number of allylic oxidation sites excluding steroid dienone is 18. The molecular weight excluding hydrogens is 751 g/mol. The molecule has 0 aliphatic heterocycles. The van der Waals surface area contributed by atoms with Gasteiger partial charge in [-0.1, -0.05) is 142 Å². The number of unbranched alkanes of at least 4 members (excludes halogenated alkanes) is 7. The maximum Gasteiger partial charge on any atom is 0.362 e. The van der Waals surface area contributed by atoms with Gasteiger partial charge in [-0.15, -0.1) is 0 Å². The zero-order valence-electron chi connectivity index (χ0n) is 38.4. The minimum atomic E-state index is -0.890. The lowest BCUT2D eigenvalue weighted by Crippen LogP contribution is -2.50. The minimum absolute atomic E-state index is 0.0324. The van der Waals surface area contributed by atoms with Crippen LogP contribution in [-0.4, -0.2) is 80.6 Å². The predicted octanol–water partition coefficient (Wildman–Crippen LogP) is 12.9. The number of carboxylic acid groups (broad SMARTS) is 1. The summed E-state index contributed by atoms with van der Waals surface area (Å²) in [6.45, 7) is 4.42. The van der Waals surface area contributed by atoms with Crippen molar-refractivity contribution in [2.75, 3.05) is 41.0 Å². The van der Waals surface area contributed by atoms with Crippen molar-refractivity contribution in [3.63, 3.8) is 0 Å². The van der Waals surface area contributed by atoms with Crippen molar-refractivity contribution >= 4 is 17.9 Å². The molecule has 8 heteroatoms. The Kier molecular flexibility index (Phi) is 38.9. The highest BCUT2D eigenvalue weighted by molar-refractivity contribution is 5.72. The molecule has 0 aromatic heterocycles. The summed E-state index contributed by atoms with van der Waals surface area (Å²) in [6.07, 6.45) is 57.0. The second-order valence-electron chi connectivity index (χ2n) is 15.9. The molecule has 0 radical (unpaired) electrons. The van der Waals surface area contributed by atoms with E-state index in [-0.39, 0.29) is 42.7 Å². The predicted molar refractivity (Wildman–Crippen MR) is 252 cm³/mol. The molecule has 0 spiro atoms. The lowest BCUT2D eigenvalue weighted by molar-refractivity contribution is -0.887. The third kappa shape index (κ3) is 39.5. The molecule has 0 aliphatic carbocycles. The van der Waals surface area contributed by atoms with Gasteiger partial charge in [-0.25, -0.2) is 4.79 Å². The Balaban J connectivity index is 4.46. The molecule has 1 N–H and O–H groups in total. The van der Waals surface area contributed by atoms with Crippen molar-refractivity contribution in [2.24, 2.45) is 0 Å². The second-order valence-corrected chi connectivity index (χ2v) is 15.9. The van der Waals surface area contributed by atoms with Crippen molar-refractivity contribution in [2.45, 2.75) is 161 Å². The van der Waals surface area contributed by atoms with Gasteiger partial charge in [0.25, 0.3) is 0 Å². The van der Waals surface area contributed by atoms with Crippen LogP contribution in [0, 0.1) is 0 Å². The summed E-state index contributed by atoms with van der Waals surface area (Å²) in [4.78, 5) is 37.0. The first kappa shape index (κ1) is 56.0. The average Bonchev–Trinajstić information content (AvgIpc) is 3.21. The summed E-state index contributed by atoms with van der Waals surface area (Å²) in [7, 11) is 5.49. The van der Waals surface area contributed by atoms with E-state index in [0.717, 1.165) is 116 Å². The van der Waals surface area contributed by atoms with E-state index in [1.165, 1.54) is 0 Å². The van der Waals surface area contributed by atoms with E-state index in [1.807, 2.05) is 21.1 Å². The summed E-state index contributed by atoms with van der Waals surface area (Å²) >= 11 is 0. The molecule has 0 aliphatic rings. The number of quaternary nitrogens is 1. The summed E-state index contributed by atoms with van der Waals surface area (Å²) < 4.78 is 17.2. The van der Waals surface area contributed by atoms with E-state index >= 15 is 0 Å². The molecule has 2 atom stereocenters. The fourth-order valence-corrected chi connectivity index (χ4v) is 5.93. The lowest BCUT2D eigenvalue weighted by atomic mass is 10.1. The Bertz CT molecular complexity index is 1340. The first-order valence-corrected chi connectivity index (χ1v) is 22.9. The van der Waals surface area contributed by atoms with Crippen LogP contribution in [0.1, 0.15) is 149 Å². The van der Waals surface area contributed by atoms with E-state index in [1.54, 1.807) is 0 Å². The Morgan fingerprint density at radius 2 is 0.883 bits per heavy atom. The Labute approximate surface area is 366 Å². The number of hydrogen-bond donors (Lipinski definition) is 1. The standard InChI is InChI=1S/C52H83NO7/c1-6-8-10-12-14-16-18-20-22-24-25-26-27-29-31-33-35-37-39-41-43-51(55)60-48(46-58-45-44-49(52(56)57)53(3,4)5)47-59-50(54)42-40-38-36-34-32-30-28-23-21-19-17-15-13-11-9-7-2/h8-11,14-17,20-23,25-26,29-32,48-49H,6-7,12-13,18-19,24,27-28,33-47H2,1-5H3/p+1/b10-8+,11-9+,16-14+,17-15+,22-20+,23-21+,26-25+,31-29+,32-30+. The van der Waals surface area contributed by atoms with Gasteiger partial charge in [0.05, 0.1) is 34.4 Å². The van der Waals surface area contributed by atoms with Crippen LogP contribution < -0.4 is 0 Å². The molecule has 8 nitrogen and oxygen atoms in total. The van der Waals surface area contributed by atoms with Crippen LogP contribution in [0.25, 0.3) is 0 Å². The van der Waals surface area contributed by atoms with Gasteiger partial charge in [0.1, 0.15) is 6.61 Å². The first-order valence-electron chi connectivity index (χ1n) is 22.9. The van der Waals surface area contributed by atoms with Crippen LogP contribution in [0.5, 0.6) is 0 Å². The minimum Gasteiger partial charge on any atom is -0.477 e. The van der Waals surface area contributed by atoms with Gasteiger partial charge in [0, 0.05) is 19.3 Å². The van der Waals surface area contributed by atoms with Gasteiger partial charge in [-0.2, -0.15) is 0 Å². The Morgan fingerprint density at radius 1 is 0.500 bits per heavy atom. The van der Waals surface area contributed by atoms with Crippen molar-refractivity contribution in [3.8, 4) is 0 Å². The van der Waals surface area contributed by atoms with E-state index in [4.69, 9.17) is 14.2 Å². The van der Waals surface area contributed by atoms with Crippen LogP contribution in [0.4, 0.5) is 0 Å². The highest BCUT2D eigenvalue weighted by atomic mass is 16.6. The fraction of sp³-hybridized carbons (Fsp3) is 0.596. The number of esters is 2. The maximum atomic E-state index is 12.8. The van der Waals surface area contributed by atoms with Crippen molar-refractivity contribution in [3.05, 3.63) is 109 Å². The number of ether oxygens (including phenoxy) is 3. The van der Waals surface area contributed by atoms with Crippen LogP contribution in [0.2, 0.25) is 0 Å². The number of rotatable bonds is 39. The van der Waals surface area contributed by atoms with E-state index in [0.29, 0.717) is 12.8 Å².